The lowest BCUT2D eigenvalue weighted by Gasteiger charge is -2.24. The van der Waals surface area contributed by atoms with Gasteiger partial charge in [-0.15, -0.1) is 0 Å². The highest BCUT2D eigenvalue weighted by Crippen LogP contribution is 2.33. The molecule has 128 valence electrons. The van der Waals surface area contributed by atoms with Gasteiger partial charge >= 0.3 is 0 Å². The van der Waals surface area contributed by atoms with E-state index in [0.717, 1.165) is 24.9 Å². The minimum atomic E-state index is -0.0631. The SMILES string of the molecule is CC(C)Oc1ncc(C(=O)N2CCC[C@@H]2c2cnn(C)c2)cc1Cl. The smallest absolute Gasteiger partial charge is 0.255 e. The van der Waals surface area contributed by atoms with E-state index in [4.69, 9.17) is 16.3 Å². The Labute approximate surface area is 146 Å². The summed E-state index contributed by atoms with van der Waals surface area (Å²) in [5.74, 6) is 0.292. The van der Waals surface area contributed by atoms with Crippen LogP contribution in [0.4, 0.5) is 0 Å². The summed E-state index contributed by atoms with van der Waals surface area (Å²) < 4.78 is 7.28. The minimum Gasteiger partial charge on any atom is -0.474 e. The second kappa shape index (κ2) is 6.81. The molecule has 1 aliphatic rings. The van der Waals surface area contributed by atoms with Gasteiger partial charge in [0.05, 0.1) is 23.9 Å². The molecule has 1 amide bonds. The van der Waals surface area contributed by atoms with Crippen molar-refractivity contribution in [3.63, 3.8) is 0 Å². The molecule has 0 bridgehead atoms. The standard InChI is InChI=1S/C17H21ClN4O2/c1-11(2)24-16-14(18)7-12(8-19-16)17(23)22-6-4-5-15(22)13-9-20-21(3)10-13/h7-11,15H,4-6H2,1-3H3/t15-/m1/s1. The van der Waals surface area contributed by atoms with E-state index in [9.17, 15) is 4.79 Å². The van der Waals surface area contributed by atoms with Gasteiger partial charge in [0.2, 0.25) is 5.88 Å². The third-order valence-electron chi connectivity index (χ3n) is 4.02. The largest absolute Gasteiger partial charge is 0.474 e. The Balaban J connectivity index is 1.81. The van der Waals surface area contributed by atoms with Crippen LogP contribution in [0.2, 0.25) is 5.02 Å². The van der Waals surface area contributed by atoms with Crippen LogP contribution in [0.3, 0.4) is 0 Å². The Kier molecular flexibility index (Phi) is 4.76. The lowest BCUT2D eigenvalue weighted by molar-refractivity contribution is 0.0735. The summed E-state index contributed by atoms with van der Waals surface area (Å²) in [5, 5.41) is 4.56. The predicted molar refractivity (Wildman–Crippen MR) is 91.2 cm³/mol. The highest BCUT2D eigenvalue weighted by molar-refractivity contribution is 6.32. The molecule has 0 spiro atoms. The molecule has 1 aliphatic heterocycles. The highest BCUT2D eigenvalue weighted by Gasteiger charge is 2.31. The molecule has 1 atom stereocenters. The van der Waals surface area contributed by atoms with Gasteiger partial charge < -0.3 is 9.64 Å². The third kappa shape index (κ3) is 3.38. The number of carbonyl (C=O) groups is 1. The number of hydrogen-bond donors (Lipinski definition) is 0. The van der Waals surface area contributed by atoms with Crippen molar-refractivity contribution in [2.75, 3.05) is 6.54 Å². The molecule has 24 heavy (non-hydrogen) atoms. The average Bonchev–Trinajstić information content (AvgIpc) is 3.16. The van der Waals surface area contributed by atoms with Crippen molar-refractivity contribution in [2.45, 2.75) is 38.8 Å². The summed E-state index contributed by atoms with van der Waals surface area (Å²) in [6.45, 7) is 4.53. The van der Waals surface area contributed by atoms with Gasteiger partial charge in [-0.1, -0.05) is 11.6 Å². The topological polar surface area (TPSA) is 60.2 Å². The maximum atomic E-state index is 12.9. The van der Waals surface area contributed by atoms with Crippen molar-refractivity contribution in [1.82, 2.24) is 19.7 Å². The molecule has 0 unspecified atom stereocenters. The van der Waals surface area contributed by atoms with Crippen LogP contribution in [0, 0.1) is 0 Å². The summed E-state index contributed by atoms with van der Waals surface area (Å²) in [6, 6.07) is 1.68. The number of carbonyl (C=O) groups excluding carboxylic acids is 1. The van der Waals surface area contributed by atoms with E-state index in [1.165, 1.54) is 6.20 Å². The number of hydrogen-bond acceptors (Lipinski definition) is 4. The first-order valence-corrected chi connectivity index (χ1v) is 8.45. The quantitative estimate of drug-likeness (QED) is 0.851. The Bertz CT molecular complexity index is 744. The van der Waals surface area contributed by atoms with E-state index in [1.807, 2.05) is 38.2 Å². The number of halogens is 1. The van der Waals surface area contributed by atoms with Crippen LogP contribution in [0.25, 0.3) is 0 Å². The molecular weight excluding hydrogens is 328 g/mol. The number of amides is 1. The number of ether oxygens (including phenoxy) is 1. The Hall–Kier alpha value is -2.08. The molecule has 2 aromatic rings. The molecule has 2 aromatic heterocycles. The maximum absolute atomic E-state index is 12.9. The summed E-state index contributed by atoms with van der Waals surface area (Å²) in [4.78, 5) is 18.9. The second-order valence-electron chi connectivity index (χ2n) is 6.28. The van der Waals surface area contributed by atoms with Crippen molar-refractivity contribution in [3.8, 4) is 5.88 Å². The van der Waals surface area contributed by atoms with Crippen LogP contribution < -0.4 is 4.74 Å². The van der Waals surface area contributed by atoms with Gasteiger partial charge in [0.25, 0.3) is 5.91 Å². The van der Waals surface area contributed by atoms with Gasteiger partial charge in [0, 0.05) is 31.5 Å². The van der Waals surface area contributed by atoms with E-state index in [2.05, 4.69) is 10.1 Å². The number of pyridine rings is 1. The predicted octanol–water partition coefficient (Wildman–Crippen LogP) is 3.23. The van der Waals surface area contributed by atoms with Gasteiger partial charge in [-0.05, 0) is 32.8 Å². The van der Waals surface area contributed by atoms with Crippen LogP contribution in [0.15, 0.2) is 24.7 Å². The lowest BCUT2D eigenvalue weighted by Crippen LogP contribution is -2.30. The van der Waals surface area contributed by atoms with Gasteiger partial charge in [0.15, 0.2) is 0 Å². The first kappa shape index (κ1) is 16.8. The fourth-order valence-corrected chi connectivity index (χ4v) is 3.20. The Morgan fingerprint density at radius 3 is 2.83 bits per heavy atom. The zero-order valence-corrected chi connectivity index (χ0v) is 14.8. The Morgan fingerprint density at radius 1 is 1.42 bits per heavy atom. The molecule has 0 aliphatic carbocycles. The molecule has 0 N–H and O–H groups in total. The van der Waals surface area contributed by atoms with Crippen LogP contribution in [-0.2, 0) is 7.05 Å². The Morgan fingerprint density at radius 2 is 2.21 bits per heavy atom. The molecule has 1 fully saturated rings. The molecule has 1 saturated heterocycles. The van der Waals surface area contributed by atoms with Gasteiger partial charge in [-0.2, -0.15) is 5.10 Å². The zero-order valence-electron chi connectivity index (χ0n) is 14.1. The molecule has 7 heteroatoms. The monoisotopic (exact) mass is 348 g/mol. The summed E-state index contributed by atoms with van der Waals surface area (Å²) in [7, 11) is 1.88. The van der Waals surface area contributed by atoms with Crippen molar-refractivity contribution in [1.29, 1.82) is 0 Å². The minimum absolute atomic E-state index is 0.0231. The zero-order chi connectivity index (χ0) is 17.3. The summed E-state index contributed by atoms with van der Waals surface area (Å²) in [6.07, 6.45) is 7.20. The van der Waals surface area contributed by atoms with Crippen LogP contribution in [0.1, 0.15) is 48.7 Å². The number of aromatic nitrogens is 3. The molecule has 6 nitrogen and oxygen atoms in total. The van der Waals surface area contributed by atoms with Crippen LogP contribution in [0.5, 0.6) is 5.88 Å². The molecule has 0 radical (unpaired) electrons. The highest BCUT2D eigenvalue weighted by atomic mass is 35.5. The van der Waals surface area contributed by atoms with Gasteiger partial charge in [-0.25, -0.2) is 4.98 Å². The van der Waals surface area contributed by atoms with E-state index in [0.29, 0.717) is 16.5 Å². The average molecular weight is 349 g/mol. The number of rotatable bonds is 4. The maximum Gasteiger partial charge on any atom is 0.255 e. The van der Waals surface area contributed by atoms with Gasteiger partial charge in [-0.3, -0.25) is 9.48 Å². The van der Waals surface area contributed by atoms with E-state index >= 15 is 0 Å². The second-order valence-corrected chi connectivity index (χ2v) is 6.69. The number of likely N-dealkylation sites (tertiary alicyclic amines) is 1. The first-order chi connectivity index (χ1) is 11.5. The van der Waals surface area contributed by atoms with Crippen LogP contribution in [-0.4, -0.2) is 38.2 Å². The van der Waals surface area contributed by atoms with Crippen molar-refractivity contribution in [3.05, 3.63) is 40.8 Å². The van der Waals surface area contributed by atoms with E-state index < -0.39 is 0 Å². The fraction of sp³-hybridized carbons (Fsp3) is 0.471. The fourth-order valence-electron chi connectivity index (χ4n) is 2.99. The van der Waals surface area contributed by atoms with E-state index in [1.54, 1.807) is 10.7 Å². The van der Waals surface area contributed by atoms with Crippen LogP contribution >= 0.6 is 11.6 Å². The van der Waals surface area contributed by atoms with Crippen molar-refractivity contribution >= 4 is 17.5 Å². The first-order valence-electron chi connectivity index (χ1n) is 8.07. The summed E-state index contributed by atoms with van der Waals surface area (Å²) in [5.41, 5.74) is 1.54. The van der Waals surface area contributed by atoms with Gasteiger partial charge in [0.1, 0.15) is 5.02 Å². The van der Waals surface area contributed by atoms with Crippen molar-refractivity contribution < 1.29 is 9.53 Å². The van der Waals surface area contributed by atoms with E-state index in [-0.39, 0.29) is 18.1 Å². The number of nitrogens with zero attached hydrogens (tertiary/aromatic N) is 4. The summed E-state index contributed by atoms with van der Waals surface area (Å²) >= 11 is 6.21. The molecule has 0 aromatic carbocycles. The molecule has 0 saturated carbocycles. The molecule has 3 heterocycles. The molecule has 3 rings (SSSR count). The number of aryl methyl sites for hydroxylation is 1. The normalized spacial score (nSPS) is 17.5. The molecular formula is C17H21ClN4O2. The third-order valence-corrected chi connectivity index (χ3v) is 4.30. The van der Waals surface area contributed by atoms with Crippen molar-refractivity contribution in [2.24, 2.45) is 7.05 Å². The lowest BCUT2D eigenvalue weighted by atomic mass is 10.1.